The zero-order valence-electron chi connectivity index (χ0n) is 20.0. The van der Waals surface area contributed by atoms with Gasteiger partial charge in [0.05, 0.1) is 46.3 Å². The Morgan fingerprint density at radius 1 is 1.22 bits per heavy atom. The van der Waals surface area contributed by atoms with Crippen molar-refractivity contribution in [3.05, 3.63) is 62.3 Å². The van der Waals surface area contributed by atoms with Gasteiger partial charge in [-0.25, -0.2) is 0 Å². The first-order valence-corrected chi connectivity index (χ1v) is 12.9. The fourth-order valence-corrected chi connectivity index (χ4v) is 6.59. The average Bonchev–Trinajstić information content (AvgIpc) is 3.63. The monoisotopic (exact) mass is 541 g/mol. The van der Waals surface area contributed by atoms with E-state index in [-0.39, 0.29) is 30.2 Å². The summed E-state index contributed by atoms with van der Waals surface area (Å²) in [5.74, 6) is -0.946. The molecule has 192 valence electrons. The van der Waals surface area contributed by atoms with Crippen LogP contribution in [0.5, 0.6) is 17.2 Å². The van der Waals surface area contributed by atoms with E-state index in [0.717, 1.165) is 22.4 Å². The molecule has 0 bridgehead atoms. The summed E-state index contributed by atoms with van der Waals surface area (Å²) in [5.41, 5.74) is 3.78. The molecule has 37 heavy (non-hydrogen) atoms. The third-order valence-electron chi connectivity index (χ3n) is 7.31. The molecule has 1 amide bonds. The molecule has 0 saturated carbocycles. The summed E-state index contributed by atoms with van der Waals surface area (Å²) in [6, 6.07) is 10.3. The van der Waals surface area contributed by atoms with E-state index in [1.807, 2.05) is 18.2 Å². The Balaban J connectivity index is 1.52. The molecular formula is C26H24ClN3O6S. The van der Waals surface area contributed by atoms with Crippen molar-refractivity contribution in [1.29, 1.82) is 0 Å². The number of fused-ring (bicyclic) bond motifs is 3. The van der Waals surface area contributed by atoms with E-state index < -0.39 is 17.9 Å². The van der Waals surface area contributed by atoms with Gasteiger partial charge in [0.15, 0.2) is 18.2 Å². The molecular weight excluding hydrogens is 518 g/mol. The summed E-state index contributed by atoms with van der Waals surface area (Å²) in [5, 5.41) is 19.9. The summed E-state index contributed by atoms with van der Waals surface area (Å²) >= 11 is 7.26. The van der Waals surface area contributed by atoms with Gasteiger partial charge in [0, 0.05) is 18.9 Å². The molecule has 3 aliphatic rings. The number of amides is 1. The van der Waals surface area contributed by atoms with Gasteiger partial charge >= 0.3 is 5.97 Å². The molecule has 6 rings (SSSR count). The number of cyclic esters (lactones) is 1. The number of phenolic OH excluding ortho intramolecular Hbond substituents is 1. The molecule has 11 heteroatoms. The summed E-state index contributed by atoms with van der Waals surface area (Å²) < 4.78 is 17.3. The Bertz CT molecular complexity index is 1400. The van der Waals surface area contributed by atoms with Gasteiger partial charge in [0.1, 0.15) is 5.75 Å². The van der Waals surface area contributed by atoms with Crippen LogP contribution in [0, 0.1) is 11.8 Å². The van der Waals surface area contributed by atoms with Gasteiger partial charge in [0.25, 0.3) is 5.91 Å². The fraction of sp³-hybridized carbons (Fsp3) is 0.308. The molecule has 0 radical (unpaired) electrons. The number of anilines is 2. The molecule has 1 saturated heterocycles. The summed E-state index contributed by atoms with van der Waals surface area (Å²) in [6.45, 7) is 0.499. The Labute approximate surface area is 221 Å². The van der Waals surface area contributed by atoms with E-state index in [4.69, 9.17) is 25.8 Å². The number of esters is 1. The molecule has 3 aromatic rings. The van der Waals surface area contributed by atoms with Gasteiger partial charge in [-0.2, -0.15) is 0 Å². The van der Waals surface area contributed by atoms with Crippen LogP contribution < -0.4 is 25.4 Å². The Morgan fingerprint density at radius 3 is 2.78 bits per heavy atom. The summed E-state index contributed by atoms with van der Waals surface area (Å²) in [7, 11) is 3.19. The number of halogens is 1. The number of carbonyl (C=O) groups excluding carboxylic acids is 2. The van der Waals surface area contributed by atoms with Crippen molar-refractivity contribution in [2.45, 2.75) is 12.0 Å². The highest BCUT2D eigenvalue weighted by molar-refractivity contribution is 7.18. The Kier molecular flexibility index (Phi) is 5.80. The maximum atomic E-state index is 13.2. The first kappa shape index (κ1) is 23.7. The third-order valence-corrected chi connectivity index (χ3v) is 8.54. The van der Waals surface area contributed by atoms with E-state index in [1.54, 1.807) is 25.2 Å². The number of hydrogen-bond donors (Lipinski definition) is 4. The van der Waals surface area contributed by atoms with E-state index in [2.05, 4.69) is 16.0 Å². The van der Waals surface area contributed by atoms with Crippen LogP contribution in [0.25, 0.3) is 0 Å². The van der Waals surface area contributed by atoms with Gasteiger partial charge in [-0.1, -0.05) is 11.6 Å². The number of phenols is 1. The molecule has 1 fully saturated rings. The van der Waals surface area contributed by atoms with Crippen molar-refractivity contribution in [3.63, 3.8) is 0 Å². The lowest BCUT2D eigenvalue weighted by Gasteiger charge is -2.39. The van der Waals surface area contributed by atoms with Gasteiger partial charge in [-0.05, 0) is 53.1 Å². The minimum Gasteiger partial charge on any atom is -0.503 e. The van der Waals surface area contributed by atoms with Crippen LogP contribution in [0.4, 0.5) is 11.4 Å². The predicted molar refractivity (Wildman–Crippen MR) is 139 cm³/mol. The standard InChI is InChI=1S/C26H24ClN3O6S/c1-28-16-5-11(6-18(34-2)24(16)31)21-12-7-15-17(36-10-29-15)8-13(12)23(14-9-35-26(33)22(14)21)30-25(32)19-3-4-20(27)37-19/h3-8,14,21-23,28-29,31H,9-10H2,1-2H3,(H,30,32)/t14-,21+,22-,23+/m0/s1. The zero-order valence-corrected chi connectivity index (χ0v) is 21.5. The molecule has 0 spiro atoms. The normalized spacial score (nSPS) is 23.2. The lowest BCUT2D eigenvalue weighted by molar-refractivity contribution is -0.141. The van der Waals surface area contributed by atoms with E-state index in [9.17, 15) is 14.7 Å². The first-order chi connectivity index (χ1) is 17.9. The number of aromatic hydroxyl groups is 1. The number of nitrogens with one attached hydrogen (secondary N) is 3. The molecule has 3 heterocycles. The molecule has 4 atom stereocenters. The third kappa shape index (κ3) is 3.82. The zero-order chi connectivity index (χ0) is 25.8. The second-order valence-corrected chi connectivity index (χ2v) is 10.9. The summed E-state index contributed by atoms with van der Waals surface area (Å²) in [6.07, 6.45) is 0. The minimum absolute atomic E-state index is 0.0147. The van der Waals surface area contributed by atoms with Crippen LogP contribution >= 0.6 is 22.9 Å². The van der Waals surface area contributed by atoms with Crippen molar-refractivity contribution in [3.8, 4) is 17.2 Å². The van der Waals surface area contributed by atoms with Crippen LogP contribution in [0.3, 0.4) is 0 Å². The van der Waals surface area contributed by atoms with E-state index in [0.29, 0.717) is 33.1 Å². The van der Waals surface area contributed by atoms with Crippen LogP contribution in [0.1, 0.15) is 38.3 Å². The number of hydrogen-bond acceptors (Lipinski definition) is 9. The highest BCUT2D eigenvalue weighted by Crippen LogP contribution is 2.55. The predicted octanol–water partition coefficient (Wildman–Crippen LogP) is 4.33. The van der Waals surface area contributed by atoms with E-state index >= 15 is 0 Å². The van der Waals surface area contributed by atoms with Crippen molar-refractivity contribution in [2.75, 3.05) is 38.1 Å². The number of ether oxygens (including phenoxy) is 3. The SMILES string of the molecule is CNc1cc([C@@H]2c3cc4c(cc3[C@@H](NC(=O)c3ccc(Cl)s3)[C@H]3COC(=O)[C@H]23)OCN4)cc(OC)c1O. The van der Waals surface area contributed by atoms with E-state index in [1.165, 1.54) is 18.4 Å². The molecule has 2 aromatic carbocycles. The van der Waals surface area contributed by atoms with Crippen molar-refractivity contribution in [2.24, 2.45) is 11.8 Å². The minimum atomic E-state index is -0.566. The molecule has 4 N–H and O–H groups in total. The van der Waals surface area contributed by atoms with Crippen LogP contribution in [0.15, 0.2) is 36.4 Å². The fourth-order valence-electron chi connectivity index (χ4n) is 5.64. The maximum Gasteiger partial charge on any atom is 0.310 e. The smallest absolute Gasteiger partial charge is 0.310 e. The highest BCUT2D eigenvalue weighted by Gasteiger charge is 2.53. The van der Waals surface area contributed by atoms with Gasteiger partial charge < -0.3 is 35.3 Å². The number of rotatable bonds is 5. The van der Waals surface area contributed by atoms with Gasteiger partial charge in [-0.3, -0.25) is 9.59 Å². The van der Waals surface area contributed by atoms with Crippen molar-refractivity contribution in [1.82, 2.24) is 5.32 Å². The second kappa shape index (κ2) is 9.04. The number of benzene rings is 2. The Morgan fingerprint density at radius 2 is 2.05 bits per heavy atom. The first-order valence-electron chi connectivity index (χ1n) is 11.8. The molecule has 2 aliphatic heterocycles. The average molecular weight is 542 g/mol. The van der Waals surface area contributed by atoms with Crippen LogP contribution in [-0.4, -0.2) is 44.5 Å². The van der Waals surface area contributed by atoms with Crippen LogP contribution in [0.2, 0.25) is 4.34 Å². The molecule has 9 nitrogen and oxygen atoms in total. The Hall–Kier alpha value is -3.63. The highest BCUT2D eigenvalue weighted by atomic mass is 35.5. The lowest BCUT2D eigenvalue weighted by atomic mass is 9.65. The number of thiophene rings is 1. The van der Waals surface area contributed by atoms with Crippen molar-refractivity contribution < 1.29 is 28.9 Å². The summed E-state index contributed by atoms with van der Waals surface area (Å²) in [4.78, 5) is 26.9. The van der Waals surface area contributed by atoms with Crippen LogP contribution in [-0.2, 0) is 9.53 Å². The number of methoxy groups -OCH3 is 1. The van der Waals surface area contributed by atoms with Gasteiger partial charge in [-0.15, -0.1) is 11.3 Å². The topological polar surface area (TPSA) is 118 Å². The van der Waals surface area contributed by atoms with Gasteiger partial charge in [0.2, 0.25) is 0 Å². The molecule has 0 unspecified atom stereocenters. The maximum absolute atomic E-state index is 13.2. The molecule has 1 aliphatic carbocycles. The van der Waals surface area contributed by atoms with Crippen molar-refractivity contribution >= 4 is 46.2 Å². The largest absolute Gasteiger partial charge is 0.503 e. The number of carbonyl (C=O) groups is 2. The second-order valence-electron chi connectivity index (χ2n) is 9.16. The molecule has 1 aromatic heterocycles. The quantitative estimate of drug-likeness (QED) is 0.278. The lowest BCUT2D eigenvalue weighted by Crippen LogP contribution is -2.42.